The second kappa shape index (κ2) is 3.11. The summed E-state index contributed by atoms with van der Waals surface area (Å²) < 4.78 is 4.92. The number of nitrogens with zero attached hydrogens (tertiary/aromatic N) is 1. The number of hydrogen-bond donors (Lipinski definition) is 0. The maximum atomic E-state index is 11.0. The lowest BCUT2D eigenvalue weighted by atomic mass is 10.1. The molecule has 1 atom stereocenters. The van der Waals surface area contributed by atoms with Gasteiger partial charge in [-0.05, 0) is 12.8 Å². The largest absolute Gasteiger partial charge is 0.447 e. The van der Waals surface area contributed by atoms with Crippen LogP contribution in [0.15, 0.2) is 0 Å². The Morgan fingerprint density at radius 1 is 1.73 bits per heavy atom. The van der Waals surface area contributed by atoms with Crippen molar-refractivity contribution < 1.29 is 9.53 Å². The van der Waals surface area contributed by atoms with Crippen LogP contribution in [-0.4, -0.2) is 30.2 Å². The highest BCUT2D eigenvalue weighted by Crippen LogP contribution is 2.18. The average molecular weight is 157 g/mol. The molecule has 0 radical (unpaired) electrons. The lowest BCUT2D eigenvalue weighted by molar-refractivity contribution is 0.158. The summed E-state index contributed by atoms with van der Waals surface area (Å²) in [7, 11) is 0. The van der Waals surface area contributed by atoms with E-state index in [0.29, 0.717) is 12.5 Å². The molecule has 11 heavy (non-hydrogen) atoms. The van der Waals surface area contributed by atoms with Crippen LogP contribution in [0.5, 0.6) is 0 Å². The van der Waals surface area contributed by atoms with E-state index in [1.807, 2.05) is 6.92 Å². The number of rotatable bonds is 2. The van der Waals surface area contributed by atoms with Crippen LogP contribution in [0.25, 0.3) is 0 Å². The third-order valence-electron chi connectivity index (χ3n) is 2.12. The molecule has 0 aliphatic carbocycles. The molecule has 0 N–H and O–H groups in total. The van der Waals surface area contributed by atoms with Crippen LogP contribution >= 0.6 is 0 Å². The molecule has 64 valence electrons. The van der Waals surface area contributed by atoms with Crippen molar-refractivity contribution >= 4 is 6.09 Å². The summed E-state index contributed by atoms with van der Waals surface area (Å²) >= 11 is 0. The fourth-order valence-electron chi connectivity index (χ4n) is 1.38. The Bertz CT molecular complexity index is 156. The maximum absolute atomic E-state index is 11.0. The summed E-state index contributed by atoms with van der Waals surface area (Å²) in [5, 5.41) is 0. The van der Waals surface area contributed by atoms with Crippen molar-refractivity contribution in [2.24, 2.45) is 5.92 Å². The highest BCUT2D eigenvalue weighted by Gasteiger charge is 2.33. The van der Waals surface area contributed by atoms with Crippen LogP contribution in [0, 0.1) is 5.92 Å². The standard InChI is InChI=1S/C8H15NO2/c1-4-9-7(6(2)3)5-11-8(9)10/h6-7H,4-5H2,1-3H3. The molecule has 0 aromatic heterocycles. The zero-order valence-electron chi connectivity index (χ0n) is 7.33. The molecule has 1 aliphatic heterocycles. The van der Waals surface area contributed by atoms with Crippen LogP contribution in [0.2, 0.25) is 0 Å². The highest BCUT2D eigenvalue weighted by molar-refractivity contribution is 5.70. The molecule has 0 saturated carbocycles. The van der Waals surface area contributed by atoms with Crippen LogP contribution in [0.3, 0.4) is 0 Å². The minimum atomic E-state index is -0.161. The second-order valence-corrected chi connectivity index (χ2v) is 3.17. The summed E-state index contributed by atoms with van der Waals surface area (Å²) in [4.78, 5) is 12.8. The van der Waals surface area contributed by atoms with E-state index < -0.39 is 0 Å². The summed E-state index contributed by atoms with van der Waals surface area (Å²) in [5.74, 6) is 0.487. The minimum absolute atomic E-state index is 0.161. The van der Waals surface area contributed by atoms with Gasteiger partial charge in [-0.25, -0.2) is 4.79 Å². The van der Waals surface area contributed by atoms with Gasteiger partial charge in [0, 0.05) is 6.54 Å². The van der Waals surface area contributed by atoms with E-state index in [2.05, 4.69) is 13.8 Å². The van der Waals surface area contributed by atoms with Crippen LogP contribution < -0.4 is 0 Å². The quantitative estimate of drug-likeness (QED) is 0.607. The lowest BCUT2D eigenvalue weighted by Gasteiger charge is -2.22. The number of carbonyl (C=O) groups excluding carboxylic acids is 1. The summed E-state index contributed by atoms with van der Waals surface area (Å²) in [6, 6.07) is 0.285. The molecular formula is C8H15NO2. The first-order valence-corrected chi connectivity index (χ1v) is 4.10. The minimum Gasteiger partial charge on any atom is -0.447 e. The Hall–Kier alpha value is -0.730. The van der Waals surface area contributed by atoms with E-state index in [1.54, 1.807) is 4.90 Å². The van der Waals surface area contributed by atoms with E-state index in [-0.39, 0.29) is 12.1 Å². The number of likely N-dealkylation sites (N-methyl/N-ethyl adjacent to an activating group) is 1. The number of carbonyl (C=O) groups is 1. The molecule has 1 aliphatic rings. The number of cyclic esters (lactones) is 1. The monoisotopic (exact) mass is 157 g/mol. The van der Waals surface area contributed by atoms with E-state index in [0.717, 1.165) is 6.54 Å². The summed E-state index contributed by atoms with van der Waals surface area (Å²) in [6.45, 7) is 7.50. The van der Waals surface area contributed by atoms with Gasteiger partial charge in [-0.2, -0.15) is 0 Å². The lowest BCUT2D eigenvalue weighted by Crippen LogP contribution is -2.36. The van der Waals surface area contributed by atoms with Crippen molar-refractivity contribution in [3.05, 3.63) is 0 Å². The van der Waals surface area contributed by atoms with Gasteiger partial charge >= 0.3 is 6.09 Å². The Morgan fingerprint density at radius 3 is 2.73 bits per heavy atom. The molecule has 1 fully saturated rings. The zero-order chi connectivity index (χ0) is 8.43. The van der Waals surface area contributed by atoms with Crippen molar-refractivity contribution in [2.75, 3.05) is 13.2 Å². The molecule has 0 bridgehead atoms. The van der Waals surface area contributed by atoms with E-state index in [9.17, 15) is 4.79 Å². The first kappa shape index (κ1) is 8.37. The normalized spacial score (nSPS) is 24.5. The molecule has 1 rings (SSSR count). The van der Waals surface area contributed by atoms with Gasteiger partial charge in [-0.3, -0.25) is 0 Å². The topological polar surface area (TPSA) is 29.5 Å². The Balaban J connectivity index is 2.61. The second-order valence-electron chi connectivity index (χ2n) is 3.17. The van der Waals surface area contributed by atoms with Crippen molar-refractivity contribution in [3.8, 4) is 0 Å². The smallest absolute Gasteiger partial charge is 0.410 e. The zero-order valence-corrected chi connectivity index (χ0v) is 7.33. The van der Waals surface area contributed by atoms with Gasteiger partial charge in [0.05, 0.1) is 6.04 Å². The number of ether oxygens (including phenoxy) is 1. The summed E-state index contributed by atoms with van der Waals surface area (Å²) in [5.41, 5.74) is 0. The Kier molecular flexibility index (Phi) is 2.37. The molecule has 1 amide bonds. The van der Waals surface area contributed by atoms with Gasteiger partial charge in [0.2, 0.25) is 0 Å². The maximum Gasteiger partial charge on any atom is 0.410 e. The molecule has 1 heterocycles. The predicted octanol–water partition coefficient (Wildman–Crippen LogP) is 1.48. The molecule has 0 aromatic carbocycles. The molecule has 0 spiro atoms. The van der Waals surface area contributed by atoms with Gasteiger partial charge < -0.3 is 9.64 Å². The SMILES string of the molecule is CCN1C(=O)OCC1C(C)C. The molecule has 0 aromatic rings. The molecule has 3 heteroatoms. The fourth-order valence-corrected chi connectivity index (χ4v) is 1.38. The van der Waals surface area contributed by atoms with Gasteiger partial charge in [0.15, 0.2) is 0 Å². The number of amides is 1. The Labute approximate surface area is 67.3 Å². The molecule has 1 saturated heterocycles. The van der Waals surface area contributed by atoms with E-state index in [4.69, 9.17) is 4.74 Å². The average Bonchev–Trinajstić information content (AvgIpc) is 2.30. The first-order chi connectivity index (χ1) is 5.16. The van der Waals surface area contributed by atoms with Gasteiger partial charge in [-0.1, -0.05) is 13.8 Å². The Morgan fingerprint density at radius 2 is 2.36 bits per heavy atom. The predicted molar refractivity (Wildman–Crippen MR) is 42.4 cm³/mol. The fraction of sp³-hybridized carbons (Fsp3) is 0.875. The van der Waals surface area contributed by atoms with Gasteiger partial charge in [0.1, 0.15) is 6.61 Å². The molecule has 1 unspecified atom stereocenters. The first-order valence-electron chi connectivity index (χ1n) is 4.10. The van der Waals surface area contributed by atoms with Crippen LogP contribution in [0.1, 0.15) is 20.8 Å². The third kappa shape index (κ3) is 1.47. The van der Waals surface area contributed by atoms with Crippen molar-refractivity contribution in [1.82, 2.24) is 4.90 Å². The van der Waals surface area contributed by atoms with Crippen molar-refractivity contribution in [3.63, 3.8) is 0 Å². The highest BCUT2D eigenvalue weighted by atomic mass is 16.6. The molecule has 3 nitrogen and oxygen atoms in total. The number of hydrogen-bond acceptors (Lipinski definition) is 2. The van der Waals surface area contributed by atoms with Crippen molar-refractivity contribution in [1.29, 1.82) is 0 Å². The van der Waals surface area contributed by atoms with E-state index in [1.165, 1.54) is 0 Å². The molecular weight excluding hydrogens is 142 g/mol. The van der Waals surface area contributed by atoms with Gasteiger partial charge in [-0.15, -0.1) is 0 Å². The van der Waals surface area contributed by atoms with Gasteiger partial charge in [0.25, 0.3) is 0 Å². The van der Waals surface area contributed by atoms with E-state index >= 15 is 0 Å². The van der Waals surface area contributed by atoms with Crippen LogP contribution in [-0.2, 0) is 4.74 Å². The summed E-state index contributed by atoms with van der Waals surface area (Å²) in [6.07, 6.45) is -0.161. The van der Waals surface area contributed by atoms with Crippen molar-refractivity contribution in [2.45, 2.75) is 26.8 Å². The van der Waals surface area contributed by atoms with Crippen LogP contribution in [0.4, 0.5) is 4.79 Å². The third-order valence-corrected chi connectivity index (χ3v) is 2.12.